The van der Waals surface area contributed by atoms with Crippen LogP contribution >= 0.6 is 11.3 Å². The molecule has 2 N–H and O–H groups in total. The van der Waals surface area contributed by atoms with Gasteiger partial charge in [-0.3, -0.25) is 4.84 Å². The third-order valence-corrected chi connectivity index (χ3v) is 6.79. The summed E-state index contributed by atoms with van der Waals surface area (Å²) in [5, 5.41) is 5.53. The molecule has 1 aromatic heterocycles. The van der Waals surface area contributed by atoms with E-state index in [-0.39, 0.29) is 5.72 Å². The third-order valence-electron chi connectivity index (χ3n) is 5.73. The van der Waals surface area contributed by atoms with Gasteiger partial charge in [0.2, 0.25) is 0 Å². The first-order valence-corrected chi connectivity index (χ1v) is 9.11. The van der Waals surface area contributed by atoms with Crippen LogP contribution in [0.25, 0.3) is 10.1 Å². The normalized spacial score (nSPS) is 34.1. The van der Waals surface area contributed by atoms with Gasteiger partial charge in [-0.2, -0.15) is 5.43 Å². The van der Waals surface area contributed by atoms with Crippen LogP contribution < -0.4 is 16.1 Å². The summed E-state index contributed by atoms with van der Waals surface area (Å²) in [4.78, 5) is 6.07. The second kappa shape index (κ2) is 4.68. The lowest BCUT2D eigenvalue weighted by Crippen LogP contribution is -2.57. The van der Waals surface area contributed by atoms with Crippen LogP contribution in [-0.2, 0) is 4.84 Å². The van der Waals surface area contributed by atoms with Crippen molar-refractivity contribution in [2.24, 2.45) is 11.8 Å². The molecule has 2 bridgehead atoms. The fraction of sp³-hybridized carbons (Fsp3) is 0.529. The van der Waals surface area contributed by atoms with Gasteiger partial charge in [-0.15, -0.1) is 11.3 Å². The lowest BCUT2D eigenvalue weighted by atomic mass is 9.66. The summed E-state index contributed by atoms with van der Waals surface area (Å²) in [6.45, 7) is 2.17. The van der Waals surface area contributed by atoms with Gasteiger partial charge in [0.25, 0.3) is 0 Å². The minimum Gasteiger partial charge on any atom is -0.257 e. The monoisotopic (exact) mass is 315 g/mol. The van der Waals surface area contributed by atoms with Crippen LogP contribution in [0.1, 0.15) is 37.7 Å². The summed E-state index contributed by atoms with van der Waals surface area (Å²) in [6.07, 6.45) is 6.45. The van der Waals surface area contributed by atoms with Crippen LogP contribution in [0.15, 0.2) is 23.6 Å². The van der Waals surface area contributed by atoms with Crippen molar-refractivity contribution in [3.8, 4) is 0 Å². The SMILES string of the molecule is Cc1csc2cc(N3NOC4(CC5CCC4CC5)N3)ccc12. The summed E-state index contributed by atoms with van der Waals surface area (Å²) in [5.41, 5.74) is 9.03. The van der Waals surface area contributed by atoms with Crippen molar-refractivity contribution in [1.29, 1.82) is 0 Å². The maximum Gasteiger partial charge on any atom is 0.163 e. The Balaban J connectivity index is 1.44. The second-order valence-corrected chi connectivity index (χ2v) is 7.96. The van der Waals surface area contributed by atoms with Crippen molar-refractivity contribution >= 4 is 27.1 Å². The number of aryl methyl sites for hydroxylation is 1. The van der Waals surface area contributed by atoms with Crippen molar-refractivity contribution in [3.05, 3.63) is 29.1 Å². The topological polar surface area (TPSA) is 36.5 Å². The van der Waals surface area contributed by atoms with E-state index < -0.39 is 0 Å². The molecule has 2 aromatic rings. The van der Waals surface area contributed by atoms with Gasteiger partial charge in [-0.25, -0.2) is 5.12 Å². The van der Waals surface area contributed by atoms with Crippen molar-refractivity contribution < 1.29 is 4.84 Å². The van der Waals surface area contributed by atoms with E-state index in [1.165, 1.54) is 41.3 Å². The fourth-order valence-electron chi connectivity index (χ4n) is 4.46. The molecule has 4 nitrogen and oxygen atoms in total. The Kier molecular flexibility index (Phi) is 2.83. The molecule has 0 radical (unpaired) electrons. The smallest absolute Gasteiger partial charge is 0.163 e. The lowest BCUT2D eigenvalue weighted by molar-refractivity contribution is -0.153. The molecule has 4 fully saturated rings. The van der Waals surface area contributed by atoms with Gasteiger partial charge in [0, 0.05) is 10.6 Å². The summed E-state index contributed by atoms with van der Waals surface area (Å²) < 4.78 is 1.32. The molecule has 3 saturated carbocycles. The first kappa shape index (κ1) is 13.3. The molecule has 1 aromatic carbocycles. The largest absolute Gasteiger partial charge is 0.257 e. The van der Waals surface area contributed by atoms with E-state index in [0.717, 1.165) is 18.0 Å². The van der Waals surface area contributed by atoms with E-state index in [9.17, 15) is 0 Å². The van der Waals surface area contributed by atoms with Gasteiger partial charge in [-0.05, 0) is 73.4 Å². The van der Waals surface area contributed by atoms with Gasteiger partial charge in [0.1, 0.15) is 0 Å². The second-order valence-electron chi connectivity index (χ2n) is 7.05. The highest BCUT2D eigenvalue weighted by molar-refractivity contribution is 7.17. The number of rotatable bonds is 1. The Morgan fingerprint density at radius 2 is 2.14 bits per heavy atom. The Morgan fingerprint density at radius 1 is 1.27 bits per heavy atom. The molecule has 3 aliphatic carbocycles. The zero-order valence-corrected chi connectivity index (χ0v) is 13.6. The predicted molar refractivity (Wildman–Crippen MR) is 89.2 cm³/mol. The van der Waals surface area contributed by atoms with Crippen LogP contribution in [0, 0.1) is 18.8 Å². The quantitative estimate of drug-likeness (QED) is 0.837. The van der Waals surface area contributed by atoms with Gasteiger partial charge in [0.15, 0.2) is 5.72 Å². The van der Waals surface area contributed by atoms with Gasteiger partial charge in [0.05, 0.1) is 5.69 Å². The van der Waals surface area contributed by atoms with E-state index >= 15 is 0 Å². The van der Waals surface area contributed by atoms with Crippen molar-refractivity contribution in [2.75, 3.05) is 5.12 Å². The summed E-state index contributed by atoms with van der Waals surface area (Å²) >= 11 is 1.80. The molecule has 4 aliphatic rings. The van der Waals surface area contributed by atoms with Crippen LogP contribution in [0.4, 0.5) is 5.69 Å². The molecule has 6 rings (SSSR count). The molecule has 116 valence electrons. The molecule has 22 heavy (non-hydrogen) atoms. The van der Waals surface area contributed by atoms with Crippen molar-refractivity contribution in [3.63, 3.8) is 0 Å². The summed E-state index contributed by atoms with van der Waals surface area (Å²) in [7, 11) is 0. The van der Waals surface area contributed by atoms with Gasteiger partial charge >= 0.3 is 0 Å². The maximum atomic E-state index is 6.07. The molecule has 1 spiro atoms. The number of fused-ring (bicyclic) bond motifs is 3. The number of benzene rings is 1. The van der Waals surface area contributed by atoms with Crippen LogP contribution in [0.3, 0.4) is 0 Å². The molecular weight excluding hydrogens is 294 g/mol. The van der Waals surface area contributed by atoms with Gasteiger partial charge in [-0.1, -0.05) is 11.7 Å². The molecule has 1 saturated heterocycles. The Morgan fingerprint density at radius 3 is 2.91 bits per heavy atom. The predicted octanol–water partition coefficient (Wildman–Crippen LogP) is 3.88. The zero-order chi connectivity index (χ0) is 14.7. The van der Waals surface area contributed by atoms with Crippen LogP contribution in [0.5, 0.6) is 0 Å². The minimum atomic E-state index is -0.193. The maximum absolute atomic E-state index is 6.07. The minimum absolute atomic E-state index is 0.193. The average Bonchev–Trinajstić information content (AvgIpc) is 3.13. The first-order valence-electron chi connectivity index (χ1n) is 8.23. The van der Waals surface area contributed by atoms with E-state index in [1.807, 2.05) is 5.12 Å². The Labute approximate surface area is 134 Å². The Bertz CT molecular complexity index is 722. The number of nitrogens with zero attached hydrogens (tertiary/aromatic N) is 1. The highest BCUT2D eigenvalue weighted by Gasteiger charge is 2.53. The molecule has 5 heteroatoms. The van der Waals surface area contributed by atoms with Crippen LogP contribution in [-0.4, -0.2) is 5.72 Å². The van der Waals surface area contributed by atoms with Crippen LogP contribution in [0.2, 0.25) is 0 Å². The van der Waals surface area contributed by atoms with E-state index in [2.05, 4.69) is 41.5 Å². The number of anilines is 1. The molecule has 1 unspecified atom stereocenters. The number of hydrogen-bond acceptors (Lipinski definition) is 5. The van der Waals surface area contributed by atoms with E-state index in [0.29, 0.717) is 5.92 Å². The van der Waals surface area contributed by atoms with E-state index in [1.54, 1.807) is 11.3 Å². The lowest BCUT2D eigenvalue weighted by Gasteiger charge is -2.47. The fourth-order valence-corrected chi connectivity index (χ4v) is 5.43. The molecular formula is C17H21N3OS. The van der Waals surface area contributed by atoms with E-state index in [4.69, 9.17) is 4.84 Å². The standard InChI is InChI=1S/C17H21N3OS/c1-11-10-22-16-8-14(6-7-15(11)16)20-18-17(21-19-20)9-12-2-4-13(17)5-3-12/h6-8,10,12-13,18-19H,2-5,9H2,1H3. The molecule has 1 aliphatic heterocycles. The molecule has 1 atom stereocenters. The summed E-state index contributed by atoms with van der Waals surface area (Å²) in [6, 6.07) is 6.60. The number of nitrogens with one attached hydrogen (secondary N) is 2. The third kappa shape index (κ3) is 1.86. The molecule has 2 heterocycles. The molecule has 0 amide bonds. The van der Waals surface area contributed by atoms with Gasteiger partial charge < -0.3 is 0 Å². The number of thiophene rings is 1. The Hall–Kier alpha value is -1.14. The zero-order valence-electron chi connectivity index (χ0n) is 12.8. The van der Waals surface area contributed by atoms with Crippen molar-refractivity contribution in [2.45, 2.75) is 44.8 Å². The number of hydrogen-bond donors (Lipinski definition) is 2. The highest BCUT2D eigenvalue weighted by Crippen LogP contribution is 2.49. The summed E-state index contributed by atoms with van der Waals surface area (Å²) in [5.74, 6) is 1.45. The van der Waals surface area contributed by atoms with Crippen molar-refractivity contribution in [1.82, 2.24) is 11.0 Å². The first-order chi connectivity index (χ1) is 10.7. The number of hydrazine groups is 2. The highest BCUT2D eigenvalue weighted by atomic mass is 32.1. The average molecular weight is 315 g/mol.